The van der Waals surface area contributed by atoms with Crippen LogP contribution < -0.4 is 16.7 Å². The van der Waals surface area contributed by atoms with Crippen LogP contribution in [0.25, 0.3) is 0 Å². The molecule has 11 atom stereocenters. The zero-order chi connectivity index (χ0) is 30.9. The van der Waals surface area contributed by atoms with Gasteiger partial charge in [-0.3, -0.25) is 13.9 Å². The molecule has 2 aliphatic rings. The van der Waals surface area contributed by atoms with E-state index in [0.717, 1.165) is 17.7 Å². The van der Waals surface area contributed by atoms with Gasteiger partial charge in [0.25, 0.3) is 5.79 Å². The molecule has 2 saturated heterocycles. The van der Waals surface area contributed by atoms with Gasteiger partial charge in [-0.25, -0.2) is 18.7 Å². The van der Waals surface area contributed by atoms with E-state index in [9.17, 15) is 59.6 Å². The Morgan fingerprint density at radius 1 is 1.32 bits per heavy atom. The first-order valence-corrected chi connectivity index (χ1v) is 13.4. The minimum absolute atomic E-state index is 0.135. The maximum Gasteiger partial charge on any atom is 0.475 e. The highest BCUT2D eigenvalue weighted by molar-refractivity contribution is 7.47. The highest BCUT2D eigenvalue weighted by atomic mass is 31.2. The Bertz CT molecular complexity index is 1220. The number of carboxylic acids is 1. The number of phosphoric acid groups is 1. The first-order valence-electron chi connectivity index (χ1n) is 11.9. The first-order chi connectivity index (χ1) is 19.0. The predicted octanol–water partition coefficient (Wildman–Crippen LogP) is -5.27. The van der Waals surface area contributed by atoms with Crippen LogP contribution in [0.3, 0.4) is 0 Å². The molecule has 0 saturated carbocycles. The van der Waals surface area contributed by atoms with E-state index in [1.807, 2.05) is 0 Å². The normalized spacial score (nSPS) is 34.9. The molecule has 0 bridgehead atoms. The van der Waals surface area contributed by atoms with Crippen molar-refractivity contribution in [3.8, 4) is 0 Å². The van der Waals surface area contributed by atoms with E-state index in [2.05, 4.69) is 10.3 Å². The van der Waals surface area contributed by atoms with Crippen molar-refractivity contribution in [3.63, 3.8) is 0 Å². The van der Waals surface area contributed by atoms with E-state index in [-0.39, 0.29) is 5.82 Å². The Balaban J connectivity index is 1.79. The summed E-state index contributed by atoms with van der Waals surface area (Å²) in [6.07, 6.45) is -14.6. The van der Waals surface area contributed by atoms with Crippen LogP contribution in [0.1, 0.15) is 19.6 Å². The van der Waals surface area contributed by atoms with Crippen molar-refractivity contribution in [1.82, 2.24) is 14.9 Å². The van der Waals surface area contributed by atoms with Gasteiger partial charge < -0.3 is 61.2 Å². The van der Waals surface area contributed by atoms with E-state index in [1.54, 1.807) is 0 Å². The topological polar surface area (TPSA) is 323 Å². The van der Waals surface area contributed by atoms with Crippen molar-refractivity contribution in [2.45, 2.75) is 74.1 Å². The van der Waals surface area contributed by atoms with Gasteiger partial charge in [-0.05, 0) is 6.07 Å². The van der Waals surface area contributed by atoms with Crippen LogP contribution in [0, 0.1) is 0 Å². The monoisotopic (exact) mass is 614 g/mol. The number of anilines is 1. The Kier molecular flexibility index (Phi) is 10.2. The number of nitrogens with zero attached hydrogens (tertiary/aromatic N) is 2. The zero-order valence-electron chi connectivity index (χ0n) is 21.2. The second-order valence-electron chi connectivity index (χ2n) is 9.32. The molecule has 1 amide bonds. The molecular formula is C20H31N4O16P. The van der Waals surface area contributed by atoms with Gasteiger partial charge in [0.2, 0.25) is 5.91 Å². The van der Waals surface area contributed by atoms with Gasteiger partial charge in [0.15, 0.2) is 6.23 Å². The number of aliphatic carboxylic acids is 1. The molecule has 1 unspecified atom stereocenters. The van der Waals surface area contributed by atoms with E-state index in [1.165, 1.54) is 6.07 Å². The molecule has 0 spiro atoms. The van der Waals surface area contributed by atoms with Crippen molar-refractivity contribution >= 4 is 25.5 Å². The molecule has 20 nitrogen and oxygen atoms in total. The van der Waals surface area contributed by atoms with E-state index in [4.69, 9.17) is 24.3 Å². The van der Waals surface area contributed by atoms with Gasteiger partial charge in [0.1, 0.15) is 42.4 Å². The fraction of sp³-hybridized carbons (Fsp3) is 0.700. The van der Waals surface area contributed by atoms with Gasteiger partial charge >= 0.3 is 19.5 Å². The molecule has 3 heterocycles. The van der Waals surface area contributed by atoms with Crippen molar-refractivity contribution in [2.75, 3.05) is 18.9 Å². The molecule has 21 heteroatoms. The number of hydrogen-bond acceptors (Lipinski definition) is 16. The van der Waals surface area contributed by atoms with Crippen LogP contribution in [0.15, 0.2) is 17.1 Å². The quantitative estimate of drug-likeness (QED) is 0.104. The number of carbonyl (C=O) groups excluding carboxylic acids is 1. The van der Waals surface area contributed by atoms with Gasteiger partial charge in [0, 0.05) is 19.5 Å². The molecule has 11 N–H and O–H groups in total. The summed E-state index contributed by atoms with van der Waals surface area (Å²) in [5.41, 5.74) is 4.46. The first kappa shape index (κ1) is 32.9. The number of aliphatic hydroxyl groups is 6. The number of phosphoric ester groups is 1. The standard InChI is InChI=1S/C20H31N4O16P/c1-7(26)22-12-8(27)4-20(18(32)33,39-16(12)13(29)9(28)5-25)40-41(35,36)37-6-10-14(30)15(31)17(38-10)24-3-2-11(21)23-19(24)34/h2-3,8-10,12-17,25,27-31H,4-6H2,1H3,(H,22,26)(H,32,33)(H,35,36)(H2,21,23,34)/t8-,9+,10+,12+,13+,14+,15+,16-,17+,20+/m0/s1. The molecule has 2 aliphatic heterocycles. The van der Waals surface area contributed by atoms with Crippen LogP contribution in [-0.4, -0.2) is 130 Å². The Hall–Kier alpha value is -2.59. The number of aromatic nitrogens is 2. The fourth-order valence-electron chi connectivity index (χ4n) is 4.32. The van der Waals surface area contributed by atoms with E-state index >= 15 is 0 Å². The second kappa shape index (κ2) is 12.7. The zero-order valence-corrected chi connectivity index (χ0v) is 22.1. The average Bonchev–Trinajstić information content (AvgIpc) is 3.16. The summed E-state index contributed by atoms with van der Waals surface area (Å²) in [7, 11) is -5.52. The summed E-state index contributed by atoms with van der Waals surface area (Å²) in [5, 5.41) is 72.7. The molecule has 0 aliphatic carbocycles. The maximum atomic E-state index is 12.8. The molecular weight excluding hydrogens is 583 g/mol. The molecule has 1 aromatic rings. The van der Waals surface area contributed by atoms with Gasteiger partial charge in [-0.15, -0.1) is 0 Å². The van der Waals surface area contributed by atoms with Gasteiger partial charge in [0.05, 0.1) is 25.4 Å². The van der Waals surface area contributed by atoms with Crippen molar-refractivity contribution in [1.29, 1.82) is 0 Å². The van der Waals surface area contributed by atoms with Crippen molar-refractivity contribution in [2.24, 2.45) is 0 Å². The molecule has 0 radical (unpaired) electrons. The number of amides is 1. The number of rotatable bonds is 11. The average molecular weight is 614 g/mol. The van der Waals surface area contributed by atoms with E-state index < -0.39 is 106 Å². The van der Waals surface area contributed by atoms with Crippen LogP contribution in [-0.2, 0) is 32.7 Å². The summed E-state index contributed by atoms with van der Waals surface area (Å²) >= 11 is 0. The van der Waals surface area contributed by atoms with Gasteiger partial charge in [-0.1, -0.05) is 0 Å². The third-order valence-corrected chi connectivity index (χ3v) is 7.32. The largest absolute Gasteiger partial charge is 0.477 e. The van der Waals surface area contributed by atoms with E-state index in [0.29, 0.717) is 0 Å². The highest BCUT2D eigenvalue weighted by Crippen LogP contribution is 2.51. The van der Waals surface area contributed by atoms with Crippen molar-refractivity contribution < 1.29 is 73.3 Å². The molecule has 3 rings (SSSR count). The summed E-state index contributed by atoms with van der Waals surface area (Å²) in [5.74, 6) is -6.20. The minimum Gasteiger partial charge on any atom is -0.477 e. The lowest BCUT2D eigenvalue weighted by Gasteiger charge is -2.46. The number of ether oxygens (including phenoxy) is 2. The lowest BCUT2D eigenvalue weighted by Crippen LogP contribution is -2.67. The summed E-state index contributed by atoms with van der Waals surface area (Å²) < 4.78 is 33.7. The molecule has 2 fully saturated rings. The minimum atomic E-state index is -5.52. The van der Waals surface area contributed by atoms with Crippen LogP contribution in [0.4, 0.5) is 5.82 Å². The molecule has 1 aromatic heterocycles. The lowest BCUT2D eigenvalue weighted by molar-refractivity contribution is -0.289. The summed E-state index contributed by atoms with van der Waals surface area (Å²) in [6.45, 7) is -1.05. The smallest absolute Gasteiger partial charge is 0.475 e. The second-order valence-corrected chi connectivity index (χ2v) is 10.7. The number of nitrogens with two attached hydrogens (primary N) is 1. The molecule has 0 aromatic carbocycles. The van der Waals surface area contributed by atoms with Crippen LogP contribution >= 0.6 is 7.82 Å². The Morgan fingerprint density at radius 3 is 2.54 bits per heavy atom. The SMILES string of the molecule is CC(=O)N[C@H]1[C@@H]([C@H](O)[C@H](O)CO)O[C@](OP(=O)(O)OC[C@H]2O[C@@H](n3ccc(N)nc3=O)[C@H](O)[C@@H]2O)(C(=O)O)C[C@@H]1O. The van der Waals surface area contributed by atoms with Crippen LogP contribution in [0.2, 0.25) is 0 Å². The Morgan fingerprint density at radius 2 is 1.98 bits per heavy atom. The van der Waals surface area contributed by atoms with Crippen molar-refractivity contribution in [3.05, 3.63) is 22.7 Å². The predicted molar refractivity (Wildman–Crippen MR) is 128 cm³/mol. The molecule has 41 heavy (non-hydrogen) atoms. The number of nitrogen functional groups attached to an aromatic ring is 1. The number of hydrogen-bond donors (Lipinski definition) is 10. The Labute approximate surface area is 230 Å². The number of carbonyl (C=O) groups is 2. The molecule has 232 valence electrons. The number of nitrogens with one attached hydrogen (secondary N) is 1. The third-order valence-electron chi connectivity index (χ3n) is 6.31. The third kappa shape index (κ3) is 7.25. The van der Waals surface area contributed by atoms with Gasteiger partial charge in [-0.2, -0.15) is 4.98 Å². The highest BCUT2D eigenvalue weighted by Gasteiger charge is 2.59. The maximum absolute atomic E-state index is 12.8. The summed E-state index contributed by atoms with van der Waals surface area (Å²) in [4.78, 5) is 49.6. The summed E-state index contributed by atoms with van der Waals surface area (Å²) in [6, 6.07) is -0.362. The lowest BCUT2D eigenvalue weighted by atomic mass is 9.88. The number of carboxylic acid groups (broad SMARTS) is 1. The number of aliphatic hydroxyl groups excluding tert-OH is 6. The van der Waals surface area contributed by atoms with Crippen LogP contribution in [0.5, 0.6) is 0 Å². The fourth-order valence-corrected chi connectivity index (χ4v) is 5.27.